The quantitative estimate of drug-likeness (QED) is 0.693. The molecule has 0 bridgehead atoms. The highest BCUT2D eigenvalue weighted by molar-refractivity contribution is 6.10. The molecule has 3 amide bonds. The molecule has 2 saturated heterocycles. The molecule has 0 radical (unpaired) electrons. The lowest BCUT2D eigenvalue weighted by Gasteiger charge is -2.35. The van der Waals surface area contributed by atoms with Gasteiger partial charge in [-0.25, -0.2) is 0 Å². The molecule has 0 aromatic heterocycles. The second-order valence-electron chi connectivity index (χ2n) is 9.11. The fourth-order valence-electron chi connectivity index (χ4n) is 5.07. The molecule has 0 saturated carbocycles. The SMILES string of the molecule is Cc1ccccc1[C@@]1(CC(=O)N2CCC[C@H](C)C2)CC(=O)N(Cc2ccccc2)C1=O. The first-order valence-electron chi connectivity index (χ1n) is 11.1. The van der Waals surface area contributed by atoms with Crippen molar-refractivity contribution >= 4 is 17.7 Å². The lowest BCUT2D eigenvalue weighted by atomic mass is 9.73. The number of rotatable bonds is 5. The summed E-state index contributed by atoms with van der Waals surface area (Å²) in [6, 6.07) is 17.2. The second kappa shape index (κ2) is 8.66. The van der Waals surface area contributed by atoms with Crippen LogP contribution in [0.15, 0.2) is 54.6 Å². The molecule has 2 heterocycles. The van der Waals surface area contributed by atoms with E-state index in [4.69, 9.17) is 0 Å². The Morgan fingerprint density at radius 3 is 2.48 bits per heavy atom. The molecule has 2 aliphatic heterocycles. The van der Waals surface area contributed by atoms with E-state index in [2.05, 4.69) is 6.92 Å². The van der Waals surface area contributed by atoms with Crippen LogP contribution < -0.4 is 0 Å². The molecule has 0 spiro atoms. The normalized spacial score (nSPS) is 24.0. The van der Waals surface area contributed by atoms with E-state index in [9.17, 15) is 14.4 Å². The van der Waals surface area contributed by atoms with Gasteiger partial charge in [-0.1, -0.05) is 61.5 Å². The average molecular weight is 419 g/mol. The lowest BCUT2D eigenvalue weighted by Crippen LogP contribution is -2.46. The van der Waals surface area contributed by atoms with Crippen molar-refractivity contribution in [2.75, 3.05) is 13.1 Å². The molecular weight excluding hydrogens is 388 g/mol. The molecule has 2 aliphatic rings. The minimum atomic E-state index is -1.13. The van der Waals surface area contributed by atoms with Crippen molar-refractivity contribution in [3.63, 3.8) is 0 Å². The maximum atomic E-state index is 13.8. The molecule has 5 heteroatoms. The van der Waals surface area contributed by atoms with Gasteiger partial charge in [-0.05, 0) is 42.4 Å². The third-order valence-corrected chi connectivity index (χ3v) is 6.72. The van der Waals surface area contributed by atoms with E-state index in [0.29, 0.717) is 5.92 Å². The van der Waals surface area contributed by atoms with Crippen molar-refractivity contribution in [3.8, 4) is 0 Å². The Hall–Kier alpha value is -2.95. The summed E-state index contributed by atoms with van der Waals surface area (Å²) < 4.78 is 0. The predicted octanol–water partition coefficient (Wildman–Crippen LogP) is 3.84. The standard InChI is InChI=1S/C26H30N2O3/c1-19-9-8-14-27(17-19)23(29)15-26(22-13-7-6-10-20(22)2)16-24(30)28(25(26)31)18-21-11-4-3-5-12-21/h3-7,10-13,19H,8-9,14-18H2,1-2H3/t19-,26+/m0/s1. The van der Waals surface area contributed by atoms with Gasteiger partial charge in [-0.2, -0.15) is 0 Å². The first-order chi connectivity index (χ1) is 14.9. The maximum absolute atomic E-state index is 13.8. The summed E-state index contributed by atoms with van der Waals surface area (Å²) in [5.41, 5.74) is 1.50. The van der Waals surface area contributed by atoms with Crippen LogP contribution in [0.4, 0.5) is 0 Å². The van der Waals surface area contributed by atoms with E-state index in [1.807, 2.05) is 66.4 Å². The molecule has 2 atom stereocenters. The Bertz CT molecular complexity index is 987. The highest BCUT2D eigenvalue weighted by Gasteiger charge is 2.54. The summed E-state index contributed by atoms with van der Waals surface area (Å²) in [6.45, 7) is 5.78. The topological polar surface area (TPSA) is 57.7 Å². The van der Waals surface area contributed by atoms with Crippen molar-refractivity contribution in [1.29, 1.82) is 0 Å². The van der Waals surface area contributed by atoms with Crippen LogP contribution in [0.25, 0.3) is 0 Å². The summed E-state index contributed by atoms with van der Waals surface area (Å²) >= 11 is 0. The third kappa shape index (κ3) is 4.14. The number of piperidine rings is 1. The van der Waals surface area contributed by atoms with Crippen molar-refractivity contribution in [2.45, 2.75) is 51.5 Å². The van der Waals surface area contributed by atoms with Gasteiger partial charge in [0.1, 0.15) is 0 Å². The summed E-state index contributed by atoms with van der Waals surface area (Å²) in [6.07, 6.45) is 2.19. The van der Waals surface area contributed by atoms with E-state index in [1.54, 1.807) is 0 Å². The Morgan fingerprint density at radius 2 is 1.77 bits per heavy atom. The van der Waals surface area contributed by atoms with Crippen LogP contribution in [-0.4, -0.2) is 40.6 Å². The summed E-state index contributed by atoms with van der Waals surface area (Å²) in [5, 5.41) is 0. The van der Waals surface area contributed by atoms with Gasteiger partial charge in [0.25, 0.3) is 0 Å². The number of likely N-dealkylation sites (tertiary alicyclic amines) is 2. The van der Waals surface area contributed by atoms with Crippen LogP contribution >= 0.6 is 0 Å². The summed E-state index contributed by atoms with van der Waals surface area (Å²) in [5.74, 6) is -0.0360. The Balaban J connectivity index is 1.68. The first kappa shape index (κ1) is 21.3. The Morgan fingerprint density at radius 1 is 1.06 bits per heavy atom. The molecule has 0 N–H and O–H groups in total. The molecule has 2 aromatic rings. The van der Waals surface area contributed by atoms with Gasteiger partial charge in [0.15, 0.2) is 0 Å². The highest BCUT2D eigenvalue weighted by atomic mass is 16.2. The van der Waals surface area contributed by atoms with E-state index in [1.165, 1.54) is 4.90 Å². The number of carbonyl (C=O) groups excluding carboxylic acids is 3. The third-order valence-electron chi connectivity index (χ3n) is 6.72. The molecule has 0 aliphatic carbocycles. The van der Waals surface area contributed by atoms with Crippen LogP contribution in [0.1, 0.15) is 49.3 Å². The molecule has 2 aromatic carbocycles. The van der Waals surface area contributed by atoms with Crippen molar-refractivity contribution in [3.05, 3.63) is 71.3 Å². The molecule has 5 nitrogen and oxygen atoms in total. The molecule has 2 fully saturated rings. The lowest BCUT2D eigenvalue weighted by molar-refractivity contribution is -0.143. The predicted molar refractivity (Wildman–Crippen MR) is 119 cm³/mol. The number of hydrogen-bond donors (Lipinski definition) is 0. The zero-order valence-corrected chi connectivity index (χ0v) is 18.3. The van der Waals surface area contributed by atoms with Gasteiger partial charge in [-0.3, -0.25) is 19.3 Å². The van der Waals surface area contributed by atoms with E-state index in [-0.39, 0.29) is 37.1 Å². The number of nitrogens with zero attached hydrogens (tertiary/aromatic N) is 2. The van der Waals surface area contributed by atoms with Gasteiger partial charge in [0.05, 0.1) is 12.0 Å². The molecule has 0 unspecified atom stereocenters. The van der Waals surface area contributed by atoms with Gasteiger partial charge < -0.3 is 4.90 Å². The van der Waals surface area contributed by atoms with Crippen molar-refractivity contribution in [1.82, 2.24) is 9.80 Å². The fraction of sp³-hybridized carbons (Fsp3) is 0.423. The maximum Gasteiger partial charge on any atom is 0.241 e. The average Bonchev–Trinajstić information content (AvgIpc) is 2.99. The second-order valence-corrected chi connectivity index (χ2v) is 9.11. The van der Waals surface area contributed by atoms with E-state index >= 15 is 0 Å². The van der Waals surface area contributed by atoms with Crippen LogP contribution in [0.2, 0.25) is 0 Å². The van der Waals surface area contributed by atoms with Crippen LogP contribution in [0.5, 0.6) is 0 Å². The first-order valence-corrected chi connectivity index (χ1v) is 11.1. The van der Waals surface area contributed by atoms with Gasteiger partial charge in [-0.15, -0.1) is 0 Å². The van der Waals surface area contributed by atoms with E-state index in [0.717, 1.165) is 42.6 Å². The number of aryl methyl sites for hydroxylation is 1. The highest BCUT2D eigenvalue weighted by Crippen LogP contribution is 2.42. The number of imide groups is 1. The smallest absolute Gasteiger partial charge is 0.241 e. The van der Waals surface area contributed by atoms with Crippen LogP contribution in [0, 0.1) is 12.8 Å². The Kier molecular flexibility index (Phi) is 5.94. The van der Waals surface area contributed by atoms with Crippen molar-refractivity contribution in [2.24, 2.45) is 5.92 Å². The number of hydrogen-bond acceptors (Lipinski definition) is 3. The minimum absolute atomic E-state index is 0.0301. The monoisotopic (exact) mass is 418 g/mol. The minimum Gasteiger partial charge on any atom is -0.342 e. The summed E-state index contributed by atoms with van der Waals surface area (Å²) in [4.78, 5) is 43.5. The van der Waals surface area contributed by atoms with Crippen LogP contribution in [0.3, 0.4) is 0 Å². The number of amides is 3. The van der Waals surface area contributed by atoms with Gasteiger partial charge >= 0.3 is 0 Å². The zero-order valence-electron chi connectivity index (χ0n) is 18.3. The molecular formula is C26H30N2O3. The number of benzene rings is 2. The zero-order chi connectivity index (χ0) is 22.0. The largest absolute Gasteiger partial charge is 0.342 e. The van der Waals surface area contributed by atoms with Gasteiger partial charge in [0.2, 0.25) is 17.7 Å². The van der Waals surface area contributed by atoms with Crippen molar-refractivity contribution < 1.29 is 14.4 Å². The van der Waals surface area contributed by atoms with Gasteiger partial charge in [0, 0.05) is 25.9 Å². The van der Waals surface area contributed by atoms with E-state index < -0.39 is 5.41 Å². The molecule has 31 heavy (non-hydrogen) atoms. The van der Waals surface area contributed by atoms with Crippen LogP contribution in [-0.2, 0) is 26.3 Å². The fourth-order valence-corrected chi connectivity index (χ4v) is 5.07. The molecule has 4 rings (SSSR count). The Labute approximate surface area is 184 Å². The number of carbonyl (C=O) groups is 3. The summed E-state index contributed by atoms with van der Waals surface area (Å²) in [7, 11) is 0. The molecule has 162 valence electrons.